The molecule has 0 aromatic rings. The highest BCUT2D eigenvalue weighted by Crippen LogP contribution is 2.43. The summed E-state index contributed by atoms with van der Waals surface area (Å²) >= 11 is 0. The van der Waals surface area contributed by atoms with Crippen molar-refractivity contribution >= 4 is 19.8 Å². The van der Waals surface area contributed by atoms with E-state index in [9.17, 15) is 24.2 Å². The number of esters is 2. The molecule has 0 aromatic heterocycles. The fourth-order valence-electron chi connectivity index (χ4n) is 4.46. The molecule has 260 valence electrons. The van der Waals surface area contributed by atoms with E-state index in [-0.39, 0.29) is 19.4 Å². The first-order chi connectivity index (χ1) is 21.2. The topological polar surface area (TPSA) is 149 Å². The maximum atomic E-state index is 12.4. The minimum atomic E-state index is -4.60. The van der Waals surface area contributed by atoms with E-state index in [0.29, 0.717) is 12.8 Å². The lowest BCUT2D eigenvalue weighted by Gasteiger charge is -2.20. The van der Waals surface area contributed by atoms with Crippen molar-refractivity contribution < 1.29 is 47.8 Å². The van der Waals surface area contributed by atoms with Gasteiger partial charge >= 0.3 is 19.8 Å². The Morgan fingerprint density at radius 2 is 1.16 bits per heavy atom. The zero-order chi connectivity index (χ0) is 32.7. The van der Waals surface area contributed by atoms with Gasteiger partial charge in [0.1, 0.15) is 12.7 Å². The van der Waals surface area contributed by atoms with Gasteiger partial charge in [0.05, 0.1) is 19.8 Å². The Labute approximate surface area is 266 Å². The molecule has 3 atom stereocenters. The zero-order valence-corrected chi connectivity index (χ0v) is 28.5. The van der Waals surface area contributed by atoms with Gasteiger partial charge in [0, 0.05) is 12.8 Å². The molecule has 11 heteroatoms. The maximum Gasteiger partial charge on any atom is 0.472 e. The molecule has 0 bridgehead atoms. The molecule has 0 aliphatic carbocycles. The Bertz CT molecular complexity index is 761. The lowest BCUT2D eigenvalue weighted by atomic mass is 10.1. The number of carbonyl (C=O) groups excluding carboxylic acids is 2. The fraction of sp³-hybridized carbons (Fsp3) is 0.879. The van der Waals surface area contributed by atoms with Gasteiger partial charge < -0.3 is 24.6 Å². The minimum absolute atomic E-state index is 0.176. The van der Waals surface area contributed by atoms with Crippen LogP contribution < -0.4 is 0 Å². The lowest BCUT2D eigenvalue weighted by molar-refractivity contribution is -0.161. The third-order valence-electron chi connectivity index (χ3n) is 7.15. The first kappa shape index (κ1) is 42.7. The monoisotopic (exact) mass is 650 g/mol. The number of hydrogen-bond donors (Lipinski definition) is 3. The van der Waals surface area contributed by atoms with Crippen LogP contribution in [0.5, 0.6) is 0 Å². The van der Waals surface area contributed by atoms with Crippen molar-refractivity contribution in [1.82, 2.24) is 0 Å². The molecule has 0 spiro atoms. The second-order valence-corrected chi connectivity index (χ2v) is 13.0. The average molecular weight is 651 g/mol. The maximum absolute atomic E-state index is 12.4. The Morgan fingerprint density at radius 3 is 1.73 bits per heavy atom. The predicted octanol–water partition coefficient (Wildman–Crippen LogP) is 7.72. The van der Waals surface area contributed by atoms with Crippen molar-refractivity contribution in [2.75, 3.05) is 26.4 Å². The smallest absolute Gasteiger partial charge is 0.462 e. The molecule has 0 amide bonds. The summed E-state index contributed by atoms with van der Waals surface area (Å²) in [4.78, 5) is 34.6. The van der Waals surface area contributed by atoms with Crippen molar-refractivity contribution in [3.8, 4) is 0 Å². The van der Waals surface area contributed by atoms with Gasteiger partial charge in [-0.25, -0.2) is 4.57 Å². The molecule has 0 aromatic carbocycles. The second kappa shape index (κ2) is 30.4. The third-order valence-corrected chi connectivity index (χ3v) is 8.10. The number of carbonyl (C=O) groups is 2. The lowest BCUT2D eigenvalue weighted by Crippen LogP contribution is -2.29. The van der Waals surface area contributed by atoms with Gasteiger partial charge in [0.25, 0.3) is 0 Å². The Morgan fingerprint density at radius 1 is 0.659 bits per heavy atom. The normalized spacial score (nSPS) is 14.4. The molecular weight excluding hydrogens is 587 g/mol. The number of allylic oxidation sites excluding steroid dienone is 2. The standard InChI is InChI=1S/C33H63O10P/c1-3-5-7-9-11-13-15-17-18-20-22-24-32(36)40-28-31(29-42-44(38,39)41-27-30(35)26-34)43-33(37)25-23-21-19-16-14-12-10-8-6-4-2/h8,10,30-31,34-35H,3-7,9,11-29H2,1-2H3,(H,38,39)/b10-8-. The summed E-state index contributed by atoms with van der Waals surface area (Å²) in [7, 11) is -4.60. The average Bonchev–Trinajstić information content (AvgIpc) is 3.00. The fourth-order valence-corrected chi connectivity index (χ4v) is 5.25. The van der Waals surface area contributed by atoms with Gasteiger partial charge in [-0.3, -0.25) is 18.6 Å². The molecule has 3 N–H and O–H groups in total. The number of phosphoric ester groups is 1. The first-order valence-electron chi connectivity index (χ1n) is 17.1. The molecule has 0 aliphatic heterocycles. The summed E-state index contributed by atoms with van der Waals surface area (Å²) in [5.74, 6) is -0.937. The Hall–Kier alpha value is -1.29. The van der Waals surface area contributed by atoms with Gasteiger partial charge in [0.15, 0.2) is 6.10 Å². The highest BCUT2D eigenvalue weighted by Gasteiger charge is 2.27. The molecule has 0 saturated heterocycles. The highest BCUT2D eigenvalue weighted by molar-refractivity contribution is 7.47. The van der Waals surface area contributed by atoms with Crippen LogP contribution in [0.3, 0.4) is 0 Å². The quantitative estimate of drug-likeness (QED) is 0.0286. The summed E-state index contributed by atoms with van der Waals surface area (Å²) in [6.07, 6.45) is 23.4. The van der Waals surface area contributed by atoms with Crippen LogP contribution in [0.1, 0.15) is 149 Å². The molecule has 0 aliphatic rings. The van der Waals surface area contributed by atoms with Crippen molar-refractivity contribution in [3.05, 3.63) is 12.2 Å². The zero-order valence-electron chi connectivity index (χ0n) is 27.6. The van der Waals surface area contributed by atoms with Crippen LogP contribution in [0.25, 0.3) is 0 Å². The van der Waals surface area contributed by atoms with E-state index in [1.807, 2.05) is 0 Å². The Kier molecular flexibility index (Phi) is 29.5. The van der Waals surface area contributed by atoms with Crippen molar-refractivity contribution in [2.24, 2.45) is 0 Å². The van der Waals surface area contributed by atoms with Gasteiger partial charge in [0.2, 0.25) is 0 Å². The number of aliphatic hydroxyl groups is 2. The van der Waals surface area contributed by atoms with Gasteiger partial charge in [-0.15, -0.1) is 0 Å². The largest absolute Gasteiger partial charge is 0.472 e. The summed E-state index contributed by atoms with van der Waals surface area (Å²) < 4.78 is 32.4. The van der Waals surface area contributed by atoms with E-state index in [1.165, 1.54) is 44.9 Å². The van der Waals surface area contributed by atoms with E-state index in [2.05, 4.69) is 30.5 Å². The van der Waals surface area contributed by atoms with Crippen LogP contribution in [0.4, 0.5) is 0 Å². The van der Waals surface area contributed by atoms with Crippen LogP contribution in [0.15, 0.2) is 12.2 Å². The molecule has 0 rings (SSSR count). The number of unbranched alkanes of at least 4 members (excludes halogenated alkanes) is 16. The SMILES string of the molecule is CCC/C=C\CCCCCCCC(=O)OC(COC(=O)CCCCCCCCCCCCC)COP(=O)(O)OCC(O)CO. The summed E-state index contributed by atoms with van der Waals surface area (Å²) in [5, 5.41) is 18.2. The molecule has 0 saturated carbocycles. The van der Waals surface area contributed by atoms with Gasteiger partial charge in [-0.1, -0.05) is 116 Å². The molecule has 10 nitrogen and oxygen atoms in total. The summed E-state index contributed by atoms with van der Waals surface area (Å²) in [6, 6.07) is 0. The Balaban J connectivity index is 4.43. The molecule has 0 heterocycles. The van der Waals surface area contributed by atoms with Gasteiger partial charge in [-0.05, 0) is 32.1 Å². The highest BCUT2D eigenvalue weighted by atomic mass is 31.2. The van der Waals surface area contributed by atoms with E-state index < -0.39 is 51.8 Å². The first-order valence-corrected chi connectivity index (χ1v) is 18.6. The van der Waals surface area contributed by atoms with E-state index in [4.69, 9.17) is 19.1 Å². The molecule has 3 unspecified atom stereocenters. The number of rotatable bonds is 32. The van der Waals surface area contributed by atoms with Gasteiger partial charge in [-0.2, -0.15) is 0 Å². The van der Waals surface area contributed by atoms with Crippen LogP contribution in [0.2, 0.25) is 0 Å². The predicted molar refractivity (Wildman–Crippen MR) is 173 cm³/mol. The number of aliphatic hydroxyl groups excluding tert-OH is 2. The molecular formula is C33H63O10P. The van der Waals surface area contributed by atoms with Crippen molar-refractivity contribution in [1.29, 1.82) is 0 Å². The van der Waals surface area contributed by atoms with E-state index in [0.717, 1.165) is 64.2 Å². The number of phosphoric acid groups is 1. The third kappa shape index (κ3) is 29.4. The van der Waals surface area contributed by atoms with Crippen molar-refractivity contribution in [2.45, 2.75) is 161 Å². The molecule has 44 heavy (non-hydrogen) atoms. The minimum Gasteiger partial charge on any atom is -0.462 e. The van der Waals surface area contributed by atoms with Crippen LogP contribution in [-0.4, -0.2) is 65.7 Å². The molecule has 0 radical (unpaired) electrons. The van der Waals surface area contributed by atoms with Crippen molar-refractivity contribution in [3.63, 3.8) is 0 Å². The van der Waals surface area contributed by atoms with Crippen LogP contribution in [-0.2, 0) is 32.7 Å². The summed E-state index contributed by atoms with van der Waals surface area (Å²) in [6.45, 7) is 2.27. The second-order valence-electron chi connectivity index (χ2n) is 11.5. The van der Waals surface area contributed by atoms with E-state index >= 15 is 0 Å². The number of hydrogen-bond acceptors (Lipinski definition) is 9. The van der Waals surface area contributed by atoms with Crippen LogP contribution >= 0.6 is 7.82 Å². The summed E-state index contributed by atoms with van der Waals surface area (Å²) in [5.41, 5.74) is 0. The molecule has 0 fully saturated rings. The van der Waals surface area contributed by atoms with E-state index in [1.54, 1.807) is 0 Å². The van der Waals surface area contributed by atoms with Crippen LogP contribution in [0, 0.1) is 0 Å². The number of ether oxygens (including phenoxy) is 2.